The van der Waals surface area contributed by atoms with Crippen LogP contribution < -0.4 is 10.1 Å². The van der Waals surface area contributed by atoms with E-state index in [1.165, 1.54) is 17.5 Å². The molecule has 0 aliphatic heterocycles. The number of rotatable bonds is 5. The molecule has 1 atom stereocenters. The van der Waals surface area contributed by atoms with Gasteiger partial charge in [-0.2, -0.15) is 0 Å². The van der Waals surface area contributed by atoms with Gasteiger partial charge in [0.2, 0.25) is 5.91 Å². The summed E-state index contributed by atoms with van der Waals surface area (Å²) in [5.41, 5.74) is 2.72. The summed E-state index contributed by atoms with van der Waals surface area (Å²) in [6.45, 7) is 0.721. The normalized spacial score (nSPS) is 17.4. The molecule has 0 fully saturated rings. The Labute approximate surface area is 121 Å². The van der Waals surface area contributed by atoms with Crippen molar-refractivity contribution in [3.05, 3.63) is 29.3 Å². The van der Waals surface area contributed by atoms with Crippen molar-refractivity contribution in [1.82, 2.24) is 10.2 Å². The largest absolute Gasteiger partial charge is 0.497 e. The van der Waals surface area contributed by atoms with Crippen LogP contribution in [0.15, 0.2) is 18.2 Å². The number of hydrogen-bond acceptors (Lipinski definition) is 3. The molecule has 2 rings (SSSR count). The van der Waals surface area contributed by atoms with Crippen molar-refractivity contribution in [2.75, 3.05) is 27.7 Å². The number of benzene rings is 1. The van der Waals surface area contributed by atoms with E-state index < -0.39 is 0 Å². The number of carbonyl (C=O) groups excluding carboxylic acids is 1. The first kappa shape index (κ1) is 14.9. The Kier molecular flexibility index (Phi) is 5.01. The van der Waals surface area contributed by atoms with Crippen molar-refractivity contribution < 1.29 is 9.53 Å². The summed E-state index contributed by atoms with van der Waals surface area (Å²) in [5, 5.41) is 3.51. The van der Waals surface area contributed by atoms with Crippen molar-refractivity contribution in [3.63, 3.8) is 0 Å². The predicted octanol–water partition coefficient (Wildman–Crippen LogP) is 2.14. The lowest BCUT2D eigenvalue weighted by Gasteiger charge is -2.27. The van der Waals surface area contributed by atoms with Gasteiger partial charge in [-0.25, -0.2) is 0 Å². The summed E-state index contributed by atoms with van der Waals surface area (Å²) in [5.74, 6) is 1.07. The average Bonchev–Trinajstić information content (AvgIpc) is 2.46. The molecule has 0 heterocycles. The molecule has 4 heteroatoms. The molecular formula is C16H24N2O2. The number of nitrogens with one attached hydrogen (secondary N) is 1. The van der Waals surface area contributed by atoms with E-state index in [0.717, 1.165) is 25.1 Å². The summed E-state index contributed by atoms with van der Waals surface area (Å²) in [6, 6.07) is 6.65. The number of amides is 1. The van der Waals surface area contributed by atoms with Crippen LogP contribution in [-0.2, 0) is 11.2 Å². The highest BCUT2D eigenvalue weighted by molar-refractivity contribution is 5.75. The van der Waals surface area contributed by atoms with Crippen molar-refractivity contribution in [2.24, 2.45) is 0 Å². The lowest BCUT2D eigenvalue weighted by atomic mass is 9.87. The molecule has 1 N–H and O–H groups in total. The number of aryl methyl sites for hydroxylation is 1. The van der Waals surface area contributed by atoms with Crippen LogP contribution in [0.25, 0.3) is 0 Å². The van der Waals surface area contributed by atoms with E-state index in [9.17, 15) is 4.79 Å². The third-order valence-corrected chi connectivity index (χ3v) is 3.90. The monoisotopic (exact) mass is 276 g/mol. The highest BCUT2D eigenvalue weighted by Crippen LogP contribution is 2.32. The van der Waals surface area contributed by atoms with Gasteiger partial charge < -0.3 is 15.0 Å². The first-order chi connectivity index (χ1) is 9.61. The van der Waals surface area contributed by atoms with Crippen LogP contribution in [0, 0.1) is 0 Å². The predicted molar refractivity (Wildman–Crippen MR) is 80.0 cm³/mol. The molecule has 1 amide bonds. The second kappa shape index (κ2) is 6.75. The van der Waals surface area contributed by atoms with Crippen LogP contribution >= 0.6 is 0 Å². The van der Waals surface area contributed by atoms with E-state index in [4.69, 9.17) is 4.74 Å². The van der Waals surface area contributed by atoms with Gasteiger partial charge in [0.1, 0.15) is 5.75 Å². The van der Waals surface area contributed by atoms with Gasteiger partial charge in [0.25, 0.3) is 0 Å². The third-order valence-electron chi connectivity index (χ3n) is 3.90. The van der Waals surface area contributed by atoms with Gasteiger partial charge in [-0.05, 0) is 42.5 Å². The van der Waals surface area contributed by atoms with Gasteiger partial charge in [0.15, 0.2) is 0 Å². The summed E-state index contributed by atoms with van der Waals surface area (Å²) >= 11 is 0. The van der Waals surface area contributed by atoms with Crippen LogP contribution in [-0.4, -0.2) is 38.6 Å². The van der Waals surface area contributed by atoms with E-state index in [1.807, 2.05) is 6.07 Å². The Morgan fingerprint density at radius 1 is 1.45 bits per heavy atom. The minimum Gasteiger partial charge on any atom is -0.497 e. The molecule has 4 nitrogen and oxygen atoms in total. The lowest BCUT2D eigenvalue weighted by molar-refractivity contribution is -0.128. The Hall–Kier alpha value is -1.55. The minimum atomic E-state index is 0.166. The molecule has 1 aromatic carbocycles. The number of hydrogen-bond donors (Lipinski definition) is 1. The Bertz CT molecular complexity index is 472. The van der Waals surface area contributed by atoms with Crippen LogP contribution in [0.5, 0.6) is 5.75 Å². The summed E-state index contributed by atoms with van der Waals surface area (Å²) < 4.78 is 5.31. The number of ether oxygens (including phenoxy) is 1. The summed E-state index contributed by atoms with van der Waals surface area (Å²) in [6.07, 6.45) is 3.99. The maximum absolute atomic E-state index is 11.6. The maximum atomic E-state index is 11.6. The lowest BCUT2D eigenvalue weighted by Crippen LogP contribution is -2.30. The average molecular weight is 276 g/mol. The van der Waals surface area contributed by atoms with E-state index in [2.05, 4.69) is 17.4 Å². The Balaban J connectivity index is 1.99. The van der Waals surface area contributed by atoms with Gasteiger partial charge in [-0.1, -0.05) is 6.07 Å². The molecule has 0 bridgehead atoms. The van der Waals surface area contributed by atoms with Crippen LogP contribution in [0.3, 0.4) is 0 Å². The molecule has 1 aliphatic rings. The van der Waals surface area contributed by atoms with E-state index in [0.29, 0.717) is 12.5 Å². The molecule has 0 aromatic heterocycles. The highest BCUT2D eigenvalue weighted by atomic mass is 16.5. The van der Waals surface area contributed by atoms with Crippen molar-refractivity contribution in [3.8, 4) is 5.75 Å². The molecule has 0 spiro atoms. The molecule has 1 unspecified atom stereocenters. The SMILES string of the molecule is COc1ccc2c(c1)C(NCCC(=O)N(C)C)CCC2. The molecule has 0 saturated carbocycles. The van der Waals surface area contributed by atoms with Gasteiger partial charge in [0.05, 0.1) is 7.11 Å². The first-order valence-electron chi connectivity index (χ1n) is 7.22. The molecular weight excluding hydrogens is 252 g/mol. The van der Waals surface area contributed by atoms with Crippen LogP contribution in [0.4, 0.5) is 0 Å². The van der Waals surface area contributed by atoms with Crippen molar-refractivity contribution >= 4 is 5.91 Å². The highest BCUT2D eigenvalue weighted by Gasteiger charge is 2.20. The molecule has 110 valence electrons. The molecule has 1 aliphatic carbocycles. The minimum absolute atomic E-state index is 0.166. The van der Waals surface area contributed by atoms with Crippen molar-refractivity contribution in [2.45, 2.75) is 31.7 Å². The number of methoxy groups -OCH3 is 1. The van der Waals surface area contributed by atoms with Gasteiger partial charge in [-0.15, -0.1) is 0 Å². The zero-order valence-electron chi connectivity index (χ0n) is 12.6. The molecule has 20 heavy (non-hydrogen) atoms. The maximum Gasteiger partial charge on any atom is 0.223 e. The second-order valence-electron chi connectivity index (χ2n) is 5.50. The fourth-order valence-electron chi connectivity index (χ4n) is 2.69. The fraction of sp³-hybridized carbons (Fsp3) is 0.562. The first-order valence-corrected chi connectivity index (χ1v) is 7.22. The molecule has 0 saturated heterocycles. The zero-order chi connectivity index (χ0) is 14.5. The fourth-order valence-corrected chi connectivity index (χ4v) is 2.69. The van der Waals surface area contributed by atoms with E-state index in [-0.39, 0.29) is 5.91 Å². The van der Waals surface area contributed by atoms with Gasteiger partial charge in [0, 0.05) is 33.1 Å². The topological polar surface area (TPSA) is 41.6 Å². The smallest absolute Gasteiger partial charge is 0.223 e. The summed E-state index contributed by atoms with van der Waals surface area (Å²) in [7, 11) is 5.29. The number of fused-ring (bicyclic) bond motifs is 1. The standard InChI is InChI=1S/C16H24N2O2/c1-18(2)16(19)9-10-17-15-6-4-5-12-7-8-13(20-3)11-14(12)15/h7-8,11,15,17H,4-6,9-10H2,1-3H3. The van der Waals surface area contributed by atoms with Gasteiger partial charge >= 0.3 is 0 Å². The van der Waals surface area contributed by atoms with E-state index >= 15 is 0 Å². The third kappa shape index (κ3) is 3.51. The number of carbonyl (C=O) groups is 1. The summed E-state index contributed by atoms with van der Waals surface area (Å²) in [4.78, 5) is 13.2. The quantitative estimate of drug-likeness (QED) is 0.896. The zero-order valence-corrected chi connectivity index (χ0v) is 12.6. The second-order valence-corrected chi connectivity index (χ2v) is 5.50. The number of nitrogens with zero attached hydrogens (tertiary/aromatic N) is 1. The van der Waals surface area contributed by atoms with Crippen LogP contribution in [0.2, 0.25) is 0 Å². The Morgan fingerprint density at radius 2 is 2.25 bits per heavy atom. The van der Waals surface area contributed by atoms with Gasteiger partial charge in [-0.3, -0.25) is 4.79 Å². The van der Waals surface area contributed by atoms with Crippen LogP contribution in [0.1, 0.15) is 36.4 Å². The molecule has 1 aromatic rings. The molecule has 0 radical (unpaired) electrons. The van der Waals surface area contributed by atoms with E-state index in [1.54, 1.807) is 26.1 Å². The van der Waals surface area contributed by atoms with Crippen molar-refractivity contribution in [1.29, 1.82) is 0 Å². The Morgan fingerprint density at radius 3 is 2.95 bits per heavy atom.